The van der Waals surface area contributed by atoms with Gasteiger partial charge in [0.25, 0.3) is 0 Å². The van der Waals surface area contributed by atoms with Crippen molar-refractivity contribution in [3.05, 3.63) is 36.0 Å². The number of hydrogen-bond acceptors (Lipinski definition) is 1. The molecule has 17 heavy (non-hydrogen) atoms. The van der Waals surface area contributed by atoms with Crippen molar-refractivity contribution in [1.29, 1.82) is 0 Å². The molecule has 1 aromatic carbocycles. The van der Waals surface area contributed by atoms with Crippen molar-refractivity contribution in [2.75, 3.05) is 0 Å². The highest BCUT2D eigenvalue weighted by Gasteiger charge is 2.06. The molecule has 0 atom stereocenters. The largest absolute Gasteiger partial charge is 0.338 e. The molecule has 1 aromatic heterocycles. The number of aryl methyl sites for hydroxylation is 1. The van der Waals surface area contributed by atoms with Crippen LogP contribution >= 0.6 is 0 Å². The van der Waals surface area contributed by atoms with Crippen LogP contribution in [0.15, 0.2) is 30.3 Å². The molecule has 2 aromatic rings. The number of carbonyl (C=O) groups excluding carboxylic acids is 1. The molecule has 0 aliphatic rings. The number of para-hydroxylation sites is 1. The standard InChI is InChI=1S/C15H19NO/c1-2-3-4-7-10-16-14(12-17)11-13-8-5-6-9-15(13)16/h5-6,8-9,11-12H,2-4,7,10H2,1H3. The van der Waals surface area contributed by atoms with Crippen molar-refractivity contribution in [3.8, 4) is 0 Å². The highest BCUT2D eigenvalue weighted by Crippen LogP contribution is 2.19. The molecule has 0 aliphatic heterocycles. The van der Waals surface area contributed by atoms with E-state index in [-0.39, 0.29) is 0 Å². The van der Waals surface area contributed by atoms with E-state index in [1.807, 2.05) is 18.2 Å². The highest BCUT2D eigenvalue weighted by atomic mass is 16.1. The van der Waals surface area contributed by atoms with Crippen molar-refractivity contribution in [2.24, 2.45) is 0 Å². The first kappa shape index (κ1) is 11.9. The zero-order valence-corrected chi connectivity index (χ0v) is 10.4. The average molecular weight is 229 g/mol. The Morgan fingerprint density at radius 2 is 2.00 bits per heavy atom. The molecule has 0 unspecified atom stereocenters. The van der Waals surface area contributed by atoms with E-state index >= 15 is 0 Å². The van der Waals surface area contributed by atoms with E-state index in [9.17, 15) is 4.79 Å². The molecule has 0 fully saturated rings. The predicted molar refractivity (Wildman–Crippen MR) is 71.5 cm³/mol. The van der Waals surface area contributed by atoms with Gasteiger partial charge in [-0.25, -0.2) is 0 Å². The number of hydrogen-bond donors (Lipinski definition) is 0. The fraction of sp³-hybridized carbons (Fsp3) is 0.400. The van der Waals surface area contributed by atoms with Crippen LogP contribution in [0.4, 0.5) is 0 Å². The zero-order chi connectivity index (χ0) is 12.1. The van der Waals surface area contributed by atoms with Crippen LogP contribution in [0, 0.1) is 0 Å². The lowest BCUT2D eigenvalue weighted by Crippen LogP contribution is -2.02. The molecule has 1 heterocycles. The molecule has 0 spiro atoms. The fourth-order valence-corrected chi connectivity index (χ4v) is 2.28. The number of nitrogens with zero attached hydrogens (tertiary/aromatic N) is 1. The van der Waals surface area contributed by atoms with Gasteiger partial charge in [-0.3, -0.25) is 4.79 Å². The Morgan fingerprint density at radius 1 is 1.18 bits per heavy atom. The summed E-state index contributed by atoms with van der Waals surface area (Å²) in [4.78, 5) is 11.1. The minimum Gasteiger partial charge on any atom is -0.338 e. The van der Waals surface area contributed by atoms with Crippen molar-refractivity contribution in [2.45, 2.75) is 39.2 Å². The third-order valence-corrected chi connectivity index (χ3v) is 3.20. The molecule has 2 rings (SSSR count). The summed E-state index contributed by atoms with van der Waals surface area (Å²) in [7, 11) is 0. The number of fused-ring (bicyclic) bond motifs is 1. The molecule has 90 valence electrons. The lowest BCUT2D eigenvalue weighted by molar-refractivity contribution is 0.111. The quantitative estimate of drug-likeness (QED) is 0.541. The summed E-state index contributed by atoms with van der Waals surface area (Å²) < 4.78 is 2.14. The van der Waals surface area contributed by atoms with Crippen LogP contribution in [0.5, 0.6) is 0 Å². The Bertz CT molecular complexity index is 499. The van der Waals surface area contributed by atoms with E-state index in [1.54, 1.807) is 0 Å². The second kappa shape index (κ2) is 5.67. The molecule has 0 radical (unpaired) electrons. The second-order valence-electron chi connectivity index (χ2n) is 4.46. The van der Waals surface area contributed by atoms with Gasteiger partial charge in [0.05, 0.1) is 5.69 Å². The van der Waals surface area contributed by atoms with Gasteiger partial charge in [-0.2, -0.15) is 0 Å². The van der Waals surface area contributed by atoms with Crippen LogP contribution in [-0.4, -0.2) is 10.9 Å². The van der Waals surface area contributed by atoms with Gasteiger partial charge in [-0.05, 0) is 18.6 Å². The van der Waals surface area contributed by atoms with E-state index in [0.29, 0.717) is 0 Å². The maximum absolute atomic E-state index is 11.1. The van der Waals surface area contributed by atoms with Gasteiger partial charge in [0.2, 0.25) is 0 Å². The molecule has 0 saturated heterocycles. The normalized spacial score (nSPS) is 10.9. The lowest BCUT2D eigenvalue weighted by atomic mass is 10.2. The topological polar surface area (TPSA) is 22.0 Å². The second-order valence-corrected chi connectivity index (χ2v) is 4.46. The van der Waals surface area contributed by atoms with Crippen LogP contribution < -0.4 is 0 Å². The SMILES string of the molecule is CCCCCCn1c(C=O)cc2ccccc21. The van der Waals surface area contributed by atoms with E-state index in [0.717, 1.165) is 30.3 Å². The van der Waals surface area contributed by atoms with Crippen molar-refractivity contribution in [3.63, 3.8) is 0 Å². The van der Waals surface area contributed by atoms with Gasteiger partial charge >= 0.3 is 0 Å². The van der Waals surface area contributed by atoms with Crippen molar-refractivity contribution in [1.82, 2.24) is 4.57 Å². The van der Waals surface area contributed by atoms with Gasteiger partial charge in [0.1, 0.15) is 0 Å². The number of rotatable bonds is 6. The summed E-state index contributed by atoms with van der Waals surface area (Å²) in [5.74, 6) is 0. The average Bonchev–Trinajstić information content (AvgIpc) is 2.73. The minimum absolute atomic E-state index is 0.794. The smallest absolute Gasteiger partial charge is 0.166 e. The molecule has 0 bridgehead atoms. The van der Waals surface area contributed by atoms with Crippen LogP contribution in [0.2, 0.25) is 0 Å². The Kier molecular flexibility index (Phi) is 3.97. The fourth-order valence-electron chi connectivity index (χ4n) is 2.28. The third-order valence-electron chi connectivity index (χ3n) is 3.20. The molecular weight excluding hydrogens is 210 g/mol. The van der Waals surface area contributed by atoms with Crippen molar-refractivity contribution >= 4 is 17.2 Å². The number of aromatic nitrogens is 1. The first-order valence-corrected chi connectivity index (χ1v) is 6.40. The number of aldehydes is 1. The highest BCUT2D eigenvalue weighted by molar-refractivity contribution is 5.88. The summed E-state index contributed by atoms with van der Waals surface area (Å²) in [5, 5.41) is 1.16. The van der Waals surface area contributed by atoms with E-state index in [4.69, 9.17) is 0 Å². The van der Waals surface area contributed by atoms with Crippen LogP contribution in [0.1, 0.15) is 43.1 Å². The van der Waals surface area contributed by atoms with Gasteiger partial charge in [0.15, 0.2) is 6.29 Å². The third kappa shape index (κ3) is 2.57. The summed E-state index contributed by atoms with van der Waals surface area (Å²) >= 11 is 0. The molecular formula is C15H19NO. The maximum atomic E-state index is 11.1. The Morgan fingerprint density at radius 3 is 2.76 bits per heavy atom. The van der Waals surface area contributed by atoms with Crippen molar-refractivity contribution < 1.29 is 4.79 Å². The summed E-state index contributed by atoms with van der Waals surface area (Å²) in [6.07, 6.45) is 5.86. The number of unbranched alkanes of at least 4 members (excludes halogenated alkanes) is 3. The monoisotopic (exact) mass is 229 g/mol. The Balaban J connectivity index is 2.21. The molecule has 2 nitrogen and oxygen atoms in total. The van der Waals surface area contributed by atoms with E-state index in [1.165, 1.54) is 24.8 Å². The molecule has 0 saturated carbocycles. The van der Waals surface area contributed by atoms with Crippen LogP contribution in [-0.2, 0) is 6.54 Å². The maximum Gasteiger partial charge on any atom is 0.166 e. The van der Waals surface area contributed by atoms with Crippen LogP contribution in [0.25, 0.3) is 10.9 Å². The summed E-state index contributed by atoms with van der Waals surface area (Å²) in [6.45, 7) is 3.16. The van der Waals surface area contributed by atoms with Gasteiger partial charge in [-0.1, -0.05) is 44.4 Å². The lowest BCUT2D eigenvalue weighted by Gasteiger charge is -2.07. The first-order valence-electron chi connectivity index (χ1n) is 6.40. The van der Waals surface area contributed by atoms with E-state index < -0.39 is 0 Å². The minimum atomic E-state index is 0.794. The first-order chi connectivity index (χ1) is 8.36. The number of carbonyl (C=O) groups is 1. The van der Waals surface area contributed by atoms with Gasteiger partial charge in [-0.15, -0.1) is 0 Å². The zero-order valence-electron chi connectivity index (χ0n) is 10.4. The Hall–Kier alpha value is -1.57. The molecule has 0 amide bonds. The van der Waals surface area contributed by atoms with Gasteiger partial charge in [0, 0.05) is 17.4 Å². The Labute approximate surface area is 102 Å². The van der Waals surface area contributed by atoms with E-state index in [2.05, 4.69) is 23.6 Å². The molecule has 0 aliphatic carbocycles. The van der Waals surface area contributed by atoms with Gasteiger partial charge < -0.3 is 4.57 Å². The summed E-state index contributed by atoms with van der Waals surface area (Å²) in [5.41, 5.74) is 1.97. The molecule has 0 N–H and O–H groups in total. The van der Waals surface area contributed by atoms with Crippen LogP contribution in [0.3, 0.4) is 0 Å². The number of benzene rings is 1. The molecule has 2 heteroatoms. The summed E-state index contributed by atoms with van der Waals surface area (Å²) in [6, 6.07) is 10.2. The predicted octanol–water partition coefficient (Wildman–Crippen LogP) is 4.03.